The Balaban J connectivity index is 4.34. The highest BCUT2D eigenvalue weighted by Gasteiger charge is 2.19. The minimum Gasteiger partial charge on any atom is -0.462 e. The van der Waals surface area contributed by atoms with Crippen molar-refractivity contribution in [2.75, 3.05) is 13.2 Å². The van der Waals surface area contributed by atoms with Crippen LogP contribution in [0.1, 0.15) is 303 Å². The molecule has 0 rings (SSSR count). The van der Waals surface area contributed by atoms with Gasteiger partial charge < -0.3 is 14.2 Å². The van der Waals surface area contributed by atoms with Crippen molar-refractivity contribution in [1.82, 2.24) is 0 Å². The number of ether oxygens (including phenoxy) is 3. The summed E-state index contributed by atoms with van der Waals surface area (Å²) < 4.78 is 16.9. The minimum atomic E-state index is -0.774. The van der Waals surface area contributed by atoms with Crippen LogP contribution in [0.3, 0.4) is 0 Å². The van der Waals surface area contributed by atoms with E-state index in [1.807, 2.05) is 0 Å². The van der Waals surface area contributed by atoms with E-state index in [9.17, 15) is 14.4 Å². The molecule has 6 heteroatoms. The molecule has 0 aromatic heterocycles. The van der Waals surface area contributed by atoms with Crippen molar-refractivity contribution in [3.05, 3.63) is 36.5 Å². The van der Waals surface area contributed by atoms with Crippen molar-refractivity contribution in [1.29, 1.82) is 0 Å². The highest BCUT2D eigenvalue weighted by Crippen LogP contribution is 2.16. The van der Waals surface area contributed by atoms with E-state index < -0.39 is 6.10 Å². The number of unbranched alkanes of at least 4 members (excludes halogenated alkanes) is 35. The summed E-state index contributed by atoms with van der Waals surface area (Å²) in [4.78, 5) is 38.1. The molecule has 65 heavy (non-hydrogen) atoms. The van der Waals surface area contributed by atoms with E-state index in [1.54, 1.807) is 0 Å². The van der Waals surface area contributed by atoms with Crippen molar-refractivity contribution in [2.45, 2.75) is 309 Å². The van der Waals surface area contributed by atoms with Gasteiger partial charge in [-0.1, -0.05) is 243 Å². The van der Waals surface area contributed by atoms with Crippen LogP contribution in [0.15, 0.2) is 36.5 Å². The lowest BCUT2D eigenvalue weighted by Gasteiger charge is -2.18. The van der Waals surface area contributed by atoms with Crippen molar-refractivity contribution in [3.8, 4) is 0 Å². The monoisotopic (exact) mass is 913 g/mol. The predicted molar refractivity (Wildman–Crippen MR) is 279 cm³/mol. The van der Waals surface area contributed by atoms with Crippen LogP contribution in [0.5, 0.6) is 0 Å². The second-order valence-corrected chi connectivity index (χ2v) is 19.2. The average molecular weight is 914 g/mol. The van der Waals surface area contributed by atoms with E-state index in [2.05, 4.69) is 57.2 Å². The molecule has 0 saturated carbocycles. The van der Waals surface area contributed by atoms with Gasteiger partial charge in [-0.15, -0.1) is 0 Å². The van der Waals surface area contributed by atoms with Crippen molar-refractivity contribution in [2.24, 2.45) is 0 Å². The molecular weight excluding hydrogens is 805 g/mol. The van der Waals surface area contributed by atoms with Crippen LogP contribution < -0.4 is 0 Å². The highest BCUT2D eigenvalue weighted by atomic mass is 16.6. The third-order valence-electron chi connectivity index (χ3n) is 12.6. The molecule has 0 aliphatic rings. The van der Waals surface area contributed by atoms with E-state index in [0.717, 1.165) is 70.6 Å². The van der Waals surface area contributed by atoms with Gasteiger partial charge in [-0.3, -0.25) is 14.4 Å². The number of allylic oxidation sites excluding steroid dienone is 6. The Morgan fingerprint density at radius 1 is 0.308 bits per heavy atom. The SMILES string of the molecule is CCCCCC/C=C\C/C=C\CCCCCCCCCC(=O)OCC(COC(=O)CCCCCCCCCCCCCC)OC(=O)CCCCCCCCC/C=C\CCCCCCCC. The topological polar surface area (TPSA) is 78.9 Å². The van der Waals surface area contributed by atoms with Crippen LogP contribution in [0.2, 0.25) is 0 Å². The molecule has 1 unspecified atom stereocenters. The maximum atomic E-state index is 12.8. The molecular formula is C59H108O6. The Labute approximate surface area is 404 Å². The summed E-state index contributed by atoms with van der Waals surface area (Å²) >= 11 is 0. The van der Waals surface area contributed by atoms with E-state index in [-0.39, 0.29) is 31.1 Å². The van der Waals surface area contributed by atoms with Gasteiger partial charge in [0.2, 0.25) is 0 Å². The number of hydrogen-bond donors (Lipinski definition) is 0. The Morgan fingerprint density at radius 3 is 0.877 bits per heavy atom. The quantitative estimate of drug-likeness (QED) is 0.0262. The summed E-state index contributed by atoms with van der Waals surface area (Å²) in [7, 11) is 0. The summed E-state index contributed by atoms with van der Waals surface area (Å²) in [5, 5.41) is 0. The average Bonchev–Trinajstić information content (AvgIpc) is 3.30. The van der Waals surface area contributed by atoms with E-state index in [4.69, 9.17) is 14.2 Å². The second kappa shape index (κ2) is 54.2. The van der Waals surface area contributed by atoms with Crippen LogP contribution >= 0.6 is 0 Å². The smallest absolute Gasteiger partial charge is 0.306 e. The largest absolute Gasteiger partial charge is 0.462 e. The predicted octanol–water partition coefficient (Wildman–Crippen LogP) is 18.9. The Hall–Kier alpha value is -2.37. The van der Waals surface area contributed by atoms with Gasteiger partial charge in [0.05, 0.1) is 0 Å². The van der Waals surface area contributed by atoms with Gasteiger partial charge in [0.25, 0.3) is 0 Å². The zero-order chi connectivity index (χ0) is 47.2. The number of esters is 3. The second-order valence-electron chi connectivity index (χ2n) is 19.2. The zero-order valence-corrected chi connectivity index (χ0v) is 43.5. The number of carbonyl (C=O) groups excluding carboxylic acids is 3. The number of hydrogen-bond acceptors (Lipinski definition) is 6. The highest BCUT2D eigenvalue weighted by molar-refractivity contribution is 5.71. The maximum absolute atomic E-state index is 12.8. The standard InChI is InChI=1S/C59H108O6/c1-4-7-10-13-16-19-22-25-27-29-31-32-34-37-40-43-46-49-52-58(61)64-55-56(54-63-57(60)51-48-45-42-39-36-24-21-18-15-12-9-6-3)65-59(62)53-50-47-44-41-38-35-33-30-28-26-23-20-17-14-11-8-5-2/h19,22,26-29,56H,4-18,20-21,23-25,30-55H2,1-3H3/b22-19-,28-26-,29-27-. The molecule has 0 spiro atoms. The summed E-state index contributed by atoms with van der Waals surface area (Å²) in [6.45, 7) is 6.64. The van der Waals surface area contributed by atoms with E-state index in [0.29, 0.717) is 19.3 Å². The molecule has 0 saturated heterocycles. The maximum Gasteiger partial charge on any atom is 0.306 e. The zero-order valence-electron chi connectivity index (χ0n) is 43.5. The van der Waals surface area contributed by atoms with E-state index >= 15 is 0 Å². The number of rotatable bonds is 52. The van der Waals surface area contributed by atoms with Gasteiger partial charge in [0.1, 0.15) is 13.2 Å². The molecule has 1 atom stereocenters. The van der Waals surface area contributed by atoms with Gasteiger partial charge in [0, 0.05) is 19.3 Å². The van der Waals surface area contributed by atoms with Gasteiger partial charge in [-0.2, -0.15) is 0 Å². The third-order valence-corrected chi connectivity index (χ3v) is 12.6. The molecule has 0 bridgehead atoms. The van der Waals surface area contributed by atoms with Crippen molar-refractivity contribution in [3.63, 3.8) is 0 Å². The first kappa shape index (κ1) is 62.6. The third kappa shape index (κ3) is 52.5. The molecule has 0 heterocycles. The molecule has 0 aromatic carbocycles. The van der Waals surface area contributed by atoms with Crippen molar-refractivity contribution < 1.29 is 28.6 Å². The van der Waals surface area contributed by atoms with Gasteiger partial charge in [0.15, 0.2) is 6.10 Å². The summed E-state index contributed by atoms with van der Waals surface area (Å²) in [5.74, 6) is -0.870. The van der Waals surface area contributed by atoms with Crippen LogP contribution in [-0.4, -0.2) is 37.2 Å². The van der Waals surface area contributed by atoms with Gasteiger partial charge >= 0.3 is 17.9 Å². The Kier molecular flexibility index (Phi) is 52.3. The fraction of sp³-hybridized carbons (Fsp3) is 0.847. The molecule has 0 aliphatic carbocycles. The van der Waals surface area contributed by atoms with Crippen LogP contribution in [0.4, 0.5) is 0 Å². The van der Waals surface area contributed by atoms with Crippen molar-refractivity contribution >= 4 is 17.9 Å². The fourth-order valence-electron chi connectivity index (χ4n) is 8.29. The fourth-order valence-corrected chi connectivity index (χ4v) is 8.29. The first-order chi connectivity index (χ1) is 32.0. The molecule has 0 radical (unpaired) electrons. The molecule has 0 aliphatic heterocycles. The molecule has 380 valence electrons. The summed E-state index contributed by atoms with van der Waals surface area (Å²) in [6, 6.07) is 0. The molecule has 0 aromatic rings. The van der Waals surface area contributed by atoms with Gasteiger partial charge in [-0.05, 0) is 77.0 Å². The summed E-state index contributed by atoms with van der Waals surface area (Å²) in [5.41, 5.74) is 0. The lowest BCUT2D eigenvalue weighted by atomic mass is 10.0. The summed E-state index contributed by atoms with van der Waals surface area (Å²) in [6.07, 6.45) is 64.1. The molecule has 6 nitrogen and oxygen atoms in total. The minimum absolute atomic E-state index is 0.0730. The van der Waals surface area contributed by atoms with Crippen LogP contribution in [-0.2, 0) is 28.6 Å². The normalized spacial score (nSPS) is 12.2. The molecule has 0 fully saturated rings. The lowest BCUT2D eigenvalue weighted by Crippen LogP contribution is -2.30. The molecule has 0 N–H and O–H groups in total. The number of carbonyl (C=O) groups is 3. The van der Waals surface area contributed by atoms with Crippen LogP contribution in [0, 0.1) is 0 Å². The van der Waals surface area contributed by atoms with Gasteiger partial charge in [-0.25, -0.2) is 0 Å². The Morgan fingerprint density at radius 2 is 0.554 bits per heavy atom. The van der Waals surface area contributed by atoms with Crippen LogP contribution in [0.25, 0.3) is 0 Å². The first-order valence-corrected chi connectivity index (χ1v) is 28.5. The van der Waals surface area contributed by atoms with E-state index in [1.165, 1.54) is 193 Å². The Bertz CT molecular complexity index is 1090. The molecule has 0 amide bonds. The first-order valence-electron chi connectivity index (χ1n) is 28.5. The lowest BCUT2D eigenvalue weighted by molar-refractivity contribution is -0.167.